The summed E-state index contributed by atoms with van der Waals surface area (Å²) in [5.74, 6) is 1.44. The van der Waals surface area contributed by atoms with Gasteiger partial charge in [0.15, 0.2) is 5.82 Å². The Hall–Kier alpha value is -4.79. The van der Waals surface area contributed by atoms with Gasteiger partial charge in [0, 0.05) is 12.1 Å². The van der Waals surface area contributed by atoms with E-state index >= 15 is 0 Å². The van der Waals surface area contributed by atoms with E-state index in [4.69, 9.17) is 10.1 Å². The van der Waals surface area contributed by atoms with Gasteiger partial charge >= 0.3 is 0 Å². The largest absolute Gasteiger partial charge is 0.309 e. The number of anilines is 2. The molecule has 1 amide bonds. The second-order valence-electron chi connectivity index (χ2n) is 10.4. The Morgan fingerprint density at radius 3 is 2.23 bits per heavy atom. The maximum Gasteiger partial charge on any atom is 0.264 e. The van der Waals surface area contributed by atoms with E-state index in [1.54, 1.807) is 10.0 Å². The Balaban J connectivity index is 1.51. The quantitative estimate of drug-likeness (QED) is 0.330. The minimum absolute atomic E-state index is 0.0671. The maximum absolute atomic E-state index is 14.9. The summed E-state index contributed by atoms with van der Waals surface area (Å²) >= 11 is 0. The van der Waals surface area contributed by atoms with Gasteiger partial charge in [-0.15, -0.1) is 0 Å². The second-order valence-corrected chi connectivity index (χ2v) is 10.4. The highest BCUT2D eigenvalue weighted by Crippen LogP contribution is 2.55. The van der Waals surface area contributed by atoms with Crippen molar-refractivity contribution in [2.75, 3.05) is 16.5 Å². The van der Waals surface area contributed by atoms with Crippen LogP contribution in [0.1, 0.15) is 37.1 Å². The standard InChI is InChI=1S/C30H28N8O/c1-20(2)18-19-35-25-17-11-10-16-24(25)30(28(35)39)26-21(3)32-36(22-12-6-4-7-13-22)27(26)31-29-37(33-34-38(29)30)23-14-8-5-9-15-23/h4-17,20H,18-19H2,1-3H3/t30-/m1/s1. The molecule has 0 saturated carbocycles. The number of carbonyl (C=O) groups is 1. The molecule has 3 aliphatic heterocycles. The molecule has 0 fully saturated rings. The van der Waals surface area contributed by atoms with Crippen LogP contribution in [0.2, 0.25) is 0 Å². The number of fused-ring (bicyclic) bond motifs is 6. The number of rotatable bonds is 5. The molecule has 1 aromatic heterocycles. The SMILES string of the molecule is Cc1nn(-c2ccccc2)c2c1[C@]1(C(=O)N(CCC(C)C)c3ccccc31)N1N=NN(c3ccccc3)C1=N2. The van der Waals surface area contributed by atoms with Gasteiger partial charge in [-0.25, -0.2) is 4.68 Å². The van der Waals surface area contributed by atoms with E-state index in [1.165, 1.54) is 0 Å². The molecule has 194 valence electrons. The number of benzene rings is 3. The van der Waals surface area contributed by atoms with Crippen molar-refractivity contribution in [1.82, 2.24) is 14.8 Å². The zero-order valence-electron chi connectivity index (χ0n) is 22.1. The van der Waals surface area contributed by atoms with E-state index in [1.807, 2.05) is 101 Å². The van der Waals surface area contributed by atoms with Gasteiger partial charge in [-0.3, -0.25) is 4.79 Å². The second kappa shape index (κ2) is 8.62. The molecule has 3 aromatic carbocycles. The van der Waals surface area contributed by atoms with Gasteiger partial charge in [-0.2, -0.15) is 20.1 Å². The number of amides is 1. The van der Waals surface area contributed by atoms with Crippen molar-refractivity contribution in [3.63, 3.8) is 0 Å². The first-order valence-corrected chi connectivity index (χ1v) is 13.2. The molecule has 4 aromatic rings. The number of carbonyl (C=O) groups excluding carboxylic acids is 1. The van der Waals surface area contributed by atoms with Crippen molar-refractivity contribution >= 4 is 29.1 Å². The maximum atomic E-state index is 14.9. The lowest BCUT2D eigenvalue weighted by Crippen LogP contribution is -2.56. The smallest absolute Gasteiger partial charge is 0.264 e. The predicted octanol–water partition coefficient (Wildman–Crippen LogP) is 5.92. The van der Waals surface area contributed by atoms with Crippen LogP contribution in [0.3, 0.4) is 0 Å². The number of nitrogens with zero attached hydrogens (tertiary/aromatic N) is 8. The van der Waals surface area contributed by atoms with E-state index in [2.05, 4.69) is 24.3 Å². The lowest BCUT2D eigenvalue weighted by Gasteiger charge is -2.38. The van der Waals surface area contributed by atoms with Gasteiger partial charge in [0.05, 0.1) is 28.3 Å². The van der Waals surface area contributed by atoms with Crippen LogP contribution in [0.5, 0.6) is 0 Å². The van der Waals surface area contributed by atoms with E-state index in [9.17, 15) is 4.79 Å². The van der Waals surface area contributed by atoms with Crippen molar-refractivity contribution in [3.05, 3.63) is 102 Å². The molecular formula is C30H28N8O. The average Bonchev–Trinajstić information content (AvgIpc) is 3.61. The summed E-state index contributed by atoms with van der Waals surface area (Å²) < 4.78 is 1.82. The van der Waals surface area contributed by atoms with Crippen molar-refractivity contribution in [2.45, 2.75) is 32.7 Å². The Labute approximate surface area is 226 Å². The lowest BCUT2D eigenvalue weighted by molar-refractivity contribution is -0.125. The first kappa shape index (κ1) is 23.3. The van der Waals surface area contributed by atoms with E-state index in [0.29, 0.717) is 24.2 Å². The minimum atomic E-state index is -1.29. The van der Waals surface area contributed by atoms with Crippen LogP contribution in [0.4, 0.5) is 17.2 Å². The minimum Gasteiger partial charge on any atom is -0.309 e. The summed E-state index contributed by atoms with van der Waals surface area (Å²) in [5, 5.41) is 17.5. The number of aryl methyl sites for hydroxylation is 1. The van der Waals surface area contributed by atoms with Gasteiger partial charge in [0.25, 0.3) is 11.9 Å². The van der Waals surface area contributed by atoms with Gasteiger partial charge < -0.3 is 4.90 Å². The van der Waals surface area contributed by atoms with E-state index < -0.39 is 5.54 Å². The van der Waals surface area contributed by atoms with Crippen molar-refractivity contribution in [2.24, 2.45) is 21.4 Å². The molecule has 0 radical (unpaired) electrons. The van der Waals surface area contributed by atoms with Crippen LogP contribution < -0.4 is 9.91 Å². The Kier molecular flexibility index (Phi) is 5.16. The molecule has 0 saturated heterocycles. The fraction of sp³-hybridized carbons (Fsp3) is 0.233. The summed E-state index contributed by atoms with van der Waals surface area (Å²) in [5.41, 5.74) is 3.58. The van der Waals surface area contributed by atoms with E-state index in [0.717, 1.165) is 40.3 Å². The average molecular weight is 517 g/mol. The lowest BCUT2D eigenvalue weighted by atomic mass is 9.82. The zero-order valence-corrected chi connectivity index (χ0v) is 22.1. The molecule has 1 atom stereocenters. The number of hydrogen-bond acceptors (Lipinski definition) is 7. The Morgan fingerprint density at radius 1 is 0.846 bits per heavy atom. The molecular weight excluding hydrogens is 488 g/mol. The van der Waals surface area contributed by atoms with Gasteiger partial charge in [-0.05, 0) is 60.0 Å². The van der Waals surface area contributed by atoms with Crippen LogP contribution in [0.15, 0.2) is 100 Å². The Morgan fingerprint density at radius 2 is 1.51 bits per heavy atom. The molecule has 39 heavy (non-hydrogen) atoms. The highest BCUT2D eigenvalue weighted by molar-refractivity contribution is 6.15. The molecule has 9 nitrogen and oxygen atoms in total. The third kappa shape index (κ3) is 3.22. The summed E-state index contributed by atoms with van der Waals surface area (Å²) in [6, 6.07) is 27.6. The monoisotopic (exact) mass is 516 g/mol. The highest BCUT2D eigenvalue weighted by Gasteiger charge is 2.64. The van der Waals surface area contributed by atoms with Gasteiger partial charge in [-0.1, -0.05) is 68.4 Å². The Bertz CT molecular complexity index is 1640. The van der Waals surface area contributed by atoms with Gasteiger partial charge in [0.2, 0.25) is 5.54 Å². The number of guanidine groups is 1. The third-order valence-corrected chi connectivity index (χ3v) is 7.59. The number of para-hydroxylation sites is 3. The summed E-state index contributed by atoms with van der Waals surface area (Å²) in [7, 11) is 0. The van der Waals surface area contributed by atoms with Crippen LogP contribution in [0, 0.1) is 12.8 Å². The van der Waals surface area contributed by atoms with Crippen molar-refractivity contribution in [3.8, 4) is 5.69 Å². The first-order valence-electron chi connectivity index (χ1n) is 13.2. The molecule has 1 spiro atoms. The molecule has 4 heterocycles. The van der Waals surface area contributed by atoms with Crippen LogP contribution in [-0.2, 0) is 10.3 Å². The summed E-state index contributed by atoms with van der Waals surface area (Å²) in [6.45, 7) is 6.89. The summed E-state index contributed by atoms with van der Waals surface area (Å²) in [6.07, 6.45) is 0.879. The molecule has 7 rings (SSSR count). The summed E-state index contributed by atoms with van der Waals surface area (Å²) in [4.78, 5) is 21.9. The number of aliphatic imine (C=N–C) groups is 1. The fourth-order valence-corrected chi connectivity index (χ4v) is 5.78. The predicted molar refractivity (Wildman–Crippen MR) is 150 cm³/mol. The third-order valence-electron chi connectivity index (χ3n) is 7.59. The molecule has 0 unspecified atom stereocenters. The van der Waals surface area contributed by atoms with E-state index in [-0.39, 0.29) is 5.91 Å². The zero-order chi connectivity index (χ0) is 26.7. The molecule has 9 heteroatoms. The fourth-order valence-electron chi connectivity index (χ4n) is 5.78. The van der Waals surface area contributed by atoms with Gasteiger partial charge in [0.1, 0.15) is 0 Å². The van der Waals surface area contributed by atoms with Crippen LogP contribution in [0.25, 0.3) is 5.69 Å². The van der Waals surface area contributed by atoms with Crippen LogP contribution in [-0.4, -0.2) is 33.2 Å². The highest BCUT2D eigenvalue weighted by atomic mass is 16.2. The number of aromatic nitrogens is 2. The molecule has 3 aliphatic rings. The van der Waals surface area contributed by atoms with Crippen LogP contribution >= 0.6 is 0 Å². The van der Waals surface area contributed by atoms with Crippen molar-refractivity contribution in [1.29, 1.82) is 0 Å². The van der Waals surface area contributed by atoms with Crippen molar-refractivity contribution < 1.29 is 4.79 Å². The topological polar surface area (TPSA) is 81.7 Å². The molecule has 0 N–H and O–H groups in total. The normalized spacial score (nSPS) is 19.1. The first-order chi connectivity index (χ1) is 19.0. The molecule has 0 bridgehead atoms. The molecule has 0 aliphatic carbocycles. The number of hydrogen-bond donors (Lipinski definition) is 0.